The van der Waals surface area contributed by atoms with Crippen molar-refractivity contribution in [3.8, 4) is 0 Å². The summed E-state index contributed by atoms with van der Waals surface area (Å²) in [6.07, 6.45) is -1.13. The summed E-state index contributed by atoms with van der Waals surface area (Å²) in [4.78, 5) is 30.9. The van der Waals surface area contributed by atoms with Crippen LogP contribution in [0.5, 0.6) is 0 Å². The molecule has 3 aromatic rings. The Morgan fingerprint density at radius 3 is 2.60 bits per heavy atom. The number of methoxy groups -OCH3 is 1. The molecule has 1 aliphatic heterocycles. The van der Waals surface area contributed by atoms with E-state index < -0.39 is 34.4 Å². The SMILES string of the molecule is CC[C@H](C)CN(C[C@@H](O)C(Cc1ccccc1)N(C(=O)OC)[C@H]1CCC(=O)N1)S(=O)(=O)c1cccc2ncsc12. The Bertz CT molecular complexity index is 1410. The van der Waals surface area contributed by atoms with E-state index >= 15 is 0 Å². The predicted molar refractivity (Wildman–Crippen MR) is 153 cm³/mol. The second-order valence-corrected chi connectivity index (χ2v) is 12.9. The summed E-state index contributed by atoms with van der Waals surface area (Å²) in [5.74, 6) is -0.188. The summed E-state index contributed by atoms with van der Waals surface area (Å²) < 4.78 is 35.1. The van der Waals surface area contributed by atoms with Crippen molar-refractivity contribution in [2.24, 2.45) is 5.92 Å². The second kappa shape index (κ2) is 13.1. The van der Waals surface area contributed by atoms with Crippen molar-refractivity contribution >= 4 is 43.6 Å². The molecule has 1 fully saturated rings. The van der Waals surface area contributed by atoms with E-state index in [-0.39, 0.29) is 42.7 Å². The number of aliphatic hydroxyl groups is 1. The van der Waals surface area contributed by atoms with Crippen LogP contribution in [0.4, 0.5) is 4.79 Å². The number of hydrogen-bond donors (Lipinski definition) is 2. The minimum absolute atomic E-state index is 0.0149. The quantitative estimate of drug-likeness (QED) is 0.331. The molecule has 1 unspecified atom stereocenters. The summed E-state index contributed by atoms with van der Waals surface area (Å²) in [5, 5.41) is 14.6. The Morgan fingerprint density at radius 1 is 1.20 bits per heavy atom. The molecule has 2 heterocycles. The number of ether oxygens (including phenoxy) is 1. The second-order valence-electron chi connectivity index (χ2n) is 10.1. The standard InChI is InChI=1S/C28H36N4O6S2/c1-4-19(2)16-31(40(36,37)24-12-8-11-21-27(24)39-18-29-21)17-23(33)22(15-20-9-6-5-7-10-20)32(28(35)38-3)25-13-14-26(34)30-25/h5-12,18-19,22-23,25,33H,4,13-17H2,1-3H3,(H,30,34)/t19-,22?,23+,25-/m0/s1. The highest BCUT2D eigenvalue weighted by Crippen LogP contribution is 2.30. The monoisotopic (exact) mass is 588 g/mol. The number of amides is 2. The van der Waals surface area contributed by atoms with E-state index in [0.29, 0.717) is 16.6 Å². The lowest BCUT2D eigenvalue weighted by Crippen LogP contribution is -2.58. The minimum Gasteiger partial charge on any atom is -0.453 e. The normalized spacial score (nSPS) is 17.9. The van der Waals surface area contributed by atoms with Gasteiger partial charge in [0.05, 0.1) is 35.0 Å². The van der Waals surface area contributed by atoms with E-state index in [0.717, 1.165) is 12.0 Å². The molecule has 10 nitrogen and oxygen atoms in total. The van der Waals surface area contributed by atoms with Crippen molar-refractivity contribution in [3.63, 3.8) is 0 Å². The third-order valence-electron chi connectivity index (χ3n) is 7.32. The van der Waals surface area contributed by atoms with Crippen LogP contribution in [-0.4, -0.2) is 78.2 Å². The van der Waals surface area contributed by atoms with Gasteiger partial charge < -0.3 is 15.2 Å². The number of nitrogens with zero attached hydrogens (tertiary/aromatic N) is 3. The third kappa shape index (κ3) is 6.63. The van der Waals surface area contributed by atoms with Gasteiger partial charge in [0.1, 0.15) is 11.1 Å². The molecule has 40 heavy (non-hydrogen) atoms. The number of sulfonamides is 1. The first-order chi connectivity index (χ1) is 19.1. The topological polar surface area (TPSA) is 129 Å². The molecule has 4 atom stereocenters. The average Bonchev–Trinajstić information content (AvgIpc) is 3.61. The van der Waals surface area contributed by atoms with E-state index in [4.69, 9.17) is 4.74 Å². The van der Waals surface area contributed by atoms with Gasteiger partial charge in [-0.15, -0.1) is 11.3 Å². The number of rotatable bonds is 12. The lowest BCUT2D eigenvalue weighted by molar-refractivity contribution is -0.120. The maximum Gasteiger partial charge on any atom is 0.411 e. The van der Waals surface area contributed by atoms with Gasteiger partial charge in [-0.25, -0.2) is 18.2 Å². The predicted octanol–water partition coefficient (Wildman–Crippen LogP) is 3.61. The zero-order chi connectivity index (χ0) is 28.9. The molecule has 2 amide bonds. The van der Waals surface area contributed by atoms with Crippen molar-refractivity contribution in [2.75, 3.05) is 20.2 Å². The van der Waals surface area contributed by atoms with Crippen LogP contribution in [0.2, 0.25) is 0 Å². The first-order valence-corrected chi connectivity index (χ1v) is 15.7. The van der Waals surface area contributed by atoms with Gasteiger partial charge in [-0.1, -0.05) is 56.7 Å². The Morgan fingerprint density at radius 2 is 1.95 bits per heavy atom. The lowest BCUT2D eigenvalue weighted by atomic mass is 9.98. The van der Waals surface area contributed by atoms with E-state index in [9.17, 15) is 23.1 Å². The fourth-order valence-electron chi connectivity index (χ4n) is 4.96. The molecule has 4 rings (SSSR count). The number of thiazole rings is 1. The van der Waals surface area contributed by atoms with Crippen LogP contribution < -0.4 is 5.32 Å². The van der Waals surface area contributed by atoms with Crippen LogP contribution in [0, 0.1) is 5.92 Å². The van der Waals surface area contributed by atoms with Gasteiger partial charge in [0.25, 0.3) is 0 Å². The van der Waals surface area contributed by atoms with Gasteiger partial charge >= 0.3 is 6.09 Å². The van der Waals surface area contributed by atoms with E-state index in [1.54, 1.807) is 23.7 Å². The van der Waals surface area contributed by atoms with Crippen LogP contribution in [-0.2, 0) is 26.0 Å². The van der Waals surface area contributed by atoms with Crippen LogP contribution in [0.1, 0.15) is 38.7 Å². The molecule has 0 aliphatic carbocycles. The molecular formula is C28H36N4O6S2. The number of hydrogen-bond acceptors (Lipinski definition) is 8. The van der Waals surface area contributed by atoms with Crippen LogP contribution in [0.25, 0.3) is 10.2 Å². The smallest absolute Gasteiger partial charge is 0.411 e. The summed E-state index contributed by atoms with van der Waals surface area (Å²) in [7, 11) is -2.80. The maximum atomic E-state index is 14.1. The highest BCUT2D eigenvalue weighted by atomic mass is 32.2. The van der Waals surface area contributed by atoms with E-state index in [1.807, 2.05) is 44.2 Å². The molecule has 216 valence electrons. The number of carbonyl (C=O) groups is 2. The zero-order valence-corrected chi connectivity index (χ0v) is 24.5. The summed E-state index contributed by atoms with van der Waals surface area (Å²) in [6.45, 7) is 3.86. The van der Waals surface area contributed by atoms with E-state index in [2.05, 4.69) is 10.3 Å². The maximum absolute atomic E-state index is 14.1. The molecule has 2 aromatic carbocycles. The van der Waals surface area contributed by atoms with Gasteiger partial charge in [0.15, 0.2) is 0 Å². The van der Waals surface area contributed by atoms with Crippen molar-refractivity contribution < 1.29 is 27.9 Å². The molecule has 1 aliphatic rings. The van der Waals surface area contributed by atoms with Gasteiger partial charge in [-0.2, -0.15) is 4.31 Å². The van der Waals surface area contributed by atoms with Gasteiger partial charge in [0, 0.05) is 19.5 Å². The Balaban J connectivity index is 1.73. The fraction of sp³-hybridized carbons (Fsp3) is 0.464. The van der Waals surface area contributed by atoms with Crippen molar-refractivity contribution in [2.45, 2.75) is 62.7 Å². The molecule has 0 saturated carbocycles. The molecule has 0 spiro atoms. The average molecular weight is 589 g/mol. The third-order valence-corrected chi connectivity index (χ3v) is 10.2. The lowest BCUT2D eigenvalue weighted by Gasteiger charge is -2.39. The summed E-state index contributed by atoms with van der Waals surface area (Å²) in [6, 6.07) is 13.4. The zero-order valence-electron chi connectivity index (χ0n) is 22.9. The number of nitrogens with one attached hydrogen (secondary N) is 1. The number of fused-ring (bicyclic) bond motifs is 1. The summed E-state index contributed by atoms with van der Waals surface area (Å²) >= 11 is 1.25. The Labute approximate surface area is 239 Å². The molecule has 0 radical (unpaired) electrons. The van der Waals surface area contributed by atoms with Crippen LogP contribution in [0.3, 0.4) is 0 Å². The number of aromatic nitrogens is 1. The first-order valence-electron chi connectivity index (χ1n) is 13.4. The molecule has 1 saturated heterocycles. The first kappa shape index (κ1) is 29.9. The van der Waals surface area contributed by atoms with Crippen molar-refractivity contribution in [1.29, 1.82) is 0 Å². The van der Waals surface area contributed by atoms with Gasteiger partial charge in [-0.3, -0.25) is 9.69 Å². The molecule has 1 aromatic heterocycles. The van der Waals surface area contributed by atoms with Crippen LogP contribution >= 0.6 is 11.3 Å². The Hall–Kier alpha value is -3.06. The molecular weight excluding hydrogens is 552 g/mol. The largest absolute Gasteiger partial charge is 0.453 e. The number of aliphatic hydroxyl groups excluding tert-OH is 1. The van der Waals surface area contributed by atoms with Gasteiger partial charge in [0.2, 0.25) is 15.9 Å². The van der Waals surface area contributed by atoms with Gasteiger partial charge in [-0.05, 0) is 36.5 Å². The molecule has 12 heteroatoms. The minimum atomic E-state index is -4.04. The van der Waals surface area contributed by atoms with E-state index in [1.165, 1.54) is 27.7 Å². The number of benzene rings is 2. The molecule has 0 bridgehead atoms. The highest BCUT2D eigenvalue weighted by molar-refractivity contribution is 7.89. The van der Waals surface area contributed by atoms with Crippen LogP contribution in [0.15, 0.2) is 58.9 Å². The summed E-state index contributed by atoms with van der Waals surface area (Å²) in [5.41, 5.74) is 3.04. The number of carbonyl (C=O) groups excluding carboxylic acids is 2. The van der Waals surface area contributed by atoms with Crippen molar-refractivity contribution in [3.05, 3.63) is 59.6 Å². The molecule has 2 N–H and O–H groups in total. The highest BCUT2D eigenvalue weighted by Gasteiger charge is 2.41. The fourth-order valence-corrected chi connectivity index (χ4v) is 7.79. The van der Waals surface area contributed by atoms with Crippen molar-refractivity contribution in [1.82, 2.24) is 19.5 Å². The Kier molecular flexibility index (Phi) is 9.77.